The van der Waals surface area contributed by atoms with Crippen molar-refractivity contribution in [2.45, 2.75) is 12.8 Å². The Morgan fingerprint density at radius 1 is 1.27 bits per heavy atom. The van der Waals surface area contributed by atoms with E-state index < -0.39 is 0 Å². The molecule has 156 valence electrons. The van der Waals surface area contributed by atoms with Gasteiger partial charge in [0.05, 0.1) is 12.6 Å². The average molecular weight is 405 g/mol. The van der Waals surface area contributed by atoms with Gasteiger partial charge in [-0.15, -0.1) is 0 Å². The first-order valence-electron chi connectivity index (χ1n) is 10.5. The lowest BCUT2D eigenvalue weighted by Gasteiger charge is -2.32. The van der Waals surface area contributed by atoms with E-state index in [0.29, 0.717) is 18.2 Å². The molecule has 0 radical (unpaired) electrons. The molecule has 2 aromatic carbocycles. The Labute approximate surface area is 176 Å². The predicted molar refractivity (Wildman–Crippen MR) is 120 cm³/mol. The minimum absolute atomic E-state index is 0.111. The highest BCUT2D eigenvalue weighted by atomic mass is 16.5. The lowest BCUT2D eigenvalue weighted by Crippen LogP contribution is -2.41. The van der Waals surface area contributed by atoms with E-state index >= 15 is 0 Å². The van der Waals surface area contributed by atoms with E-state index in [-0.39, 0.29) is 5.91 Å². The summed E-state index contributed by atoms with van der Waals surface area (Å²) in [6, 6.07) is 15.7. The molecule has 1 saturated heterocycles. The number of para-hydroxylation sites is 2. The van der Waals surface area contributed by atoms with Gasteiger partial charge in [0.1, 0.15) is 5.75 Å². The number of aromatic nitrogens is 2. The number of fused-ring (bicyclic) bond motifs is 1. The number of hydrogen-bond acceptors (Lipinski definition) is 4. The van der Waals surface area contributed by atoms with Crippen molar-refractivity contribution >= 4 is 22.9 Å². The Balaban J connectivity index is 1.29. The molecule has 0 saturated carbocycles. The Hall–Kier alpha value is -3.12. The van der Waals surface area contributed by atoms with Gasteiger partial charge in [-0.2, -0.15) is 5.10 Å². The van der Waals surface area contributed by atoms with Gasteiger partial charge in [0.2, 0.25) is 0 Å². The second-order valence-electron chi connectivity index (χ2n) is 7.74. The number of carbonyl (C=O) groups is 1. The van der Waals surface area contributed by atoms with Crippen LogP contribution in [0.1, 0.15) is 28.9 Å². The number of ether oxygens (including phenoxy) is 1. The molecule has 2 N–H and O–H groups in total. The van der Waals surface area contributed by atoms with Crippen molar-refractivity contribution in [2.75, 3.05) is 33.3 Å². The maximum Gasteiger partial charge on any atom is 0.272 e. The summed E-state index contributed by atoms with van der Waals surface area (Å²) < 4.78 is 5.40. The first kappa shape index (κ1) is 20.2. The molecule has 0 spiro atoms. The highest BCUT2D eigenvalue weighted by Crippen LogP contribution is 2.20. The Morgan fingerprint density at radius 3 is 3.00 bits per heavy atom. The zero-order chi connectivity index (χ0) is 20.8. The van der Waals surface area contributed by atoms with Gasteiger partial charge in [0.25, 0.3) is 5.91 Å². The number of carbonyl (C=O) groups excluding carboxylic acids is 1. The number of likely N-dealkylation sites (tertiary alicyclic amines) is 1. The SMILES string of the molecule is COc1ccccc1/C=C/CN1CCCC(CNC(=O)c2n[nH]c3ccccc23)C1. The smallest absolute Gasteiger partial charge is 0.272 e. The predicted octanol–water partition coefficient (Wildman–Crippen LogP) is 3.73. The van der Waals surface area contributed by atoms with Crippen molar-refractivity contribution in [3.8, 4) is 5.75 Å². The van der Waals surface area contributed by atoms with Crippen molar-refractivity contribution in [3.63, 3.8) is 0 Å². The Bertz CT molecular complexity index is 1030. The van der Waals surface area contributed by atoms with Crippen molar-refractivity contribution < 1.29 is 9.53 Å². The summed E-state index contributed by atoms with van der Waals surface area (Å²) in [5, 5.41) is 11.1. The highest BCUT2D eigenvalue weighted by Gasteiger charge is 2.21. The van der Waals surface area contributed by atoms with E-state index in [1.165, 1.54) is 0 Å². The van der Waals surface area contributed by atoms with Crippen LogP contribution in [0.4, 0.5) is 0 Å². The first-order chi connectivity index (χ1) is 14.7. The van der Waals surface area contributed by atoms with Crippen molar-refractivity contribution in [2.24, 2.45) is 5.92 Å². The second kappa shape index (κ2) is 9.59. The van der Waals surface area contributed by atoms with Crippen LogP contribution in [0.2, 0.25) is 0 Å². The fourth-order valence-electron chi connectivity index (χ4n) is 4.07. The molecule has 2 heterocycles. The molecule has 0 bridgehead atoms. The molecule has 1 atom stereocenters. The number of amides is 1. The molecule has 1 fully saturated rings. The van der Waals surface area contributed by atoms with Crippen LogP contribution >= 0.6 is 0 Å². The minimum Gasteiger partial charge on any atom is -0.496 e. The summed E-state index contributed by atoms with van der Waals surface area (Å²) >= 11 is 0. The number of piperidine rings is 1. The van der Waals surface area contributed by atoms with Crippen molar-refractivity contribution in [3.05, 3.63) is 65.9 Å². The maximum atomic E-state index is 12.6. The number of benzene rings is 2. The molecular weight excluding hydrogens is 376 g/mol. The van der Waals surface area contributed by atoms with E-state index in [2.05, 4.69) is 38.6 Å². The molecule has 1 unspecified atom stereocenters. The molecule has 6 nitrogen and oxygen atoms in total. The standard InChI is InChI=1S/C24H28N4O2/c1-30-22-13-5-2-9-19(22)10-7-15-28-14-6-8-18(17-28)16-25-24(29)23-20-11-3-4-12-21(20)26-27-23/h2-5,7,9-13,18H,6,8,14-17H2,1H3,(H,25,29)(H,26,27)/b10-7+. The topological polar surface area (TPSA) is 70.2 Å². The van der Waals surface area contributed by atoms with Gasteiger partial charge in [0, 0.05) is 30.6 Å². The summed E-state index contributed by atoms with van der Waals surface area (Å²) in [6.45, 7) is 3.64. The van der Waals surface area contributed by atoms with Crippen molar-refractivity contribution in [1.82, 2.24) is 20.4 Å². The summed E-state index contributed by atoms with van der Waals surface area (Å²) in [5.41, 5.74) is 2.44. The van der Waals surface area contributed by atoms with Crippen LogP contribution in [0, 0.1) is 5.92 Å². The van der Waals surface area contributed by atoms with Gasteiger partial charge in [-0.3, -0.25) is 14.8 Å². The molecule has 6 heteroatoms. The van der Waals surface area contributed by atoms with Gasteiger partial charge in [0.15, 0.2) is 5.69 Å². The Morgan fingerprint density at radius 2 is 2.10 bits per heavy atom. The molecule has 1 aliphatic rings. The van der Waals surface area contributed by atoms with E-state index in [4.69, 9.17) is 4.74 Å². The average Bonchev–Trinajstić information content (AvgIpc) is 3.22. The van der Waals surface area contributed by atoms with Crippen LogP contribution in [-0.2, 0) is 0 Å². The van der Waals surface area contributed by atoms with Crippen LogP contribution in [-0.4, -0.2) is 54.3 Å². The number of methoxy groups -OCH3 is 1. The van der Waals surface area contributed by atoms with Gasteiger partial charge in [-0.25, -0.2) is 0 Å². The largest absolute Gasteiger partial charge is 0.496 e. The summed E-state index contributed by atoms with van der Waals surface area (Å²) in [5.74, 6) is 1.23. The molecule has 1 aliphatic heterocycles. The Kier molecular flexibility index (Phi) is 6.44. The lowest BCUT2D eigenvalue weighted by atomic mass is 9.98. The number of aromatic amines is 1. The molecule has 1 amide bonds. The lowest BCUT2D eigenvalue weighted by molar-refractivity contribution is 0.0931. The van der Waals surface area contributed by atoms with E-state index in [9.17, 15) is 4.79 Å². The van der Waals surface area contributed by atoms with Gasteiger partial charge >= 0.3 is 0 Å². The van der Waals surface area contributed by atoms with Crippen molar-refractivity contribution in [1.29, 1.82) is 0 Å². The zero-order valence-corrected chi connectivity index (χ0v) is 17.3. The van der Waals surface area contributed by atoms with E-state index in [1.54, 1.807) is 7.11 Å². The van der Waals surface area contributed by atoms with Crippen LogP contribution in [0.3, 0.4) is 0 Å². The molecule has 30 heavy (non-hydrogen) atoms. The van der Waals surface area contributed by atoms with Crippen LogP contribution < -0.4 is 10.1 Å². The second-order valence-corrected chi connectivity index (χ2v) is 7.74. The third-order valence-corrected chi connectivity index (χ3v) is 5.64. The number of hydrogen-bond donors (Lipinski definition) is 2. The van der Waals surface area contributed by atoms with Crippen LogP contribution in [0.15, 0.2) is 54.6 Å². The fourth-order valence-corrected chi connectivity index (χ4v) is 4.07. The number of rotatable bonds is 7. The van der Waals surface area contributed by atoms with Gasteiger partial charge in [-0.05, 0) is 37.4 Å². The molecule has 4 rings (SSSR count). The molecule has 1 aromatic heterocycles. The number of H-pyrrole nitrogens is 1. The van der Waals surface area contributed by atoms with Crippen LogP contribution in [0.5, 0.6) is 5.75 Å². The highest BCUT2D eigenvalue weighted by molar-refractivity contribution is 6.04. The number of nitrogens with zero attached hydrogens (tertiary/aromatic N) is 2. The normalized spacial score (nSPS) is 17.4. The summed E-state index contributed by atoms with van der Waals surface area (Å²) in [7, 11) is 1.70. The summed E-state index contributed by atoms with van der Waals surface area (Å²) in [6.07, 6.45) is 6.59. The first-order valence-corrected chi connectivity index (χ1v) is 10.5. The minimum atomic E-state index is -0.111. The molecular formula is C24H28N4O2. The van der Waals surface area contributed by atoms with E-state index in [1.807, 2.05) is 42.5 Å². The number of nitrogens with one attached hydrogen (secondary N) is 2. The van der Waals surface area contributed by atoms with Crippen LogP contribution in [0.25, 0.3) is 17.0 Å². The monoisotopic (exact) mass is 404 g/mol. The third-order valence-electron chi connectivity index (χ3n) is 5.64. The van der Waals surface area contributed by atoms with E-state index in [0.717, 1.165) is 54.7 Å². The maximum absolute atomic E-state index is 12.6. The summed E-state index contributed by atoms with van der Waals surface area (Å²) in [4.78, 5) is 15.0. The van der Waals surface area contributed by atoms with Gasteiger partial charge in [-0.1, -0.05) is 48.6 Å². The quantitative estimate of drug-likeness (QED) is 0.630. The third kappa shape index (κ3) is 4.71. The molecule has 0 aliphatic carbocycles. The fraction of sp³-hybridized carbons (Fsp3) is 0.333. The van der Waals surface area contributed by atoms with Gasteiger partial charge < -0.3 is 10.1 Å². The zero-order valence-electron chi connectivity index (χ0n) is 17.3. The molecule has 3 aromatic rings.